The second-order valence-corrected chi connectivity index (χ2v) is 4.62. The Bertz CT molecular complexity index is 464. The number of alkyl halides is 7. The van der Waals surface area contributed by atoms with Crippen LogP contribution < -0.4 is 0 Å². The van der Waals surface area contributed by atoms with E-state index in [2.05, 4.69) is 4.74 Å². The van der Waals surface area contributed by atoms with Crippen LogP contribution in [0.2, 0.25) is 0 Å². The van der Waals surface area contributed by atoms with Gasteiger partial charge in [0.05, 0.1) is 6.10 Å². The quantitative estimate of drug-likeness (QED) is 0.701. The fourth-order valence-corrected chi connectivity index (χ4v) is 1.69. The van der Waals surface area contributed by atoms with Crippen molar-refractivity contribution in [2.75, 3.05) is 7.11 Å². The summed E-state index contributed by atoms with van der Waals surface area (Å²) in [5.74, 6) is -11.4. The lowest BCUT2D eigenvalue weighted by molar-refractivity contribution is -0.358. The van der Waals surface area contributed by atoms with Crippen molar-refractivity contribution in [2.24, 2.45) is 0 Å². The molecule has 0 aliphatic rings. The molecule has 120 valence electrons. The van der Waals surface area contributed by atoms with Crippen molar-refractivity contribution in [3.63, 3.8) is 0 Å². The normalized spacial score (nSPS) is 15.1. The Balaban J connectivity index is 3.02. The molecule has 1 rings (SSSR count). The molecule has 0 aromatic heterocycles. The maximum absolute atomic E-state index is 13.3. The van der Waals surface area contributed by atoms with Gasteiger partial charge in [-0.3, -0.25) is 0 Å². The molecule has 0 aliphatic heterocycles. The van der Waals surface area contributed by atoms with Crippen molar-refractivity contribution in [1.82, 2.24) is 0 Å². The minimum absolute atomic E-state index is 0.0979. The Morgan fingerprint density at radius 3 is 1.81 bits per heavy atom. The molecule has 0 radical (unpaired) electrons. The molecular formula is C13H13F7O. The first-order valence-electron chi connectivity index (χ1n) is 5.84. The standard InChI is InChI=1S/C13H13F7O/c1-8-3-5-9(6-4-8)10(21-2)7-11(14,15)12(16,17)13(18,19)20/h3-6,10H,7H2,1-2H3. The third-order valence-corrected chi connectivity index (χ3v) is 2.99. The van der Waals surface area contributed by atoms with Crippen LogP contribution in [-0.2, 0) is 4.74 Å². The highest BCUT2D eigenvalue weighted by molar-refractivity contribution is 5.23. The van der Waals surface area contributed by atoms with E-state index in [1.807, 2.05) is 0 Å². The van der Waals surface area contributed by atoms with E-state index in [1.165, 1.54) is 24.3 Å². The molecular weight excluding hydrogens is 305 g/mol. The zero-order valence-corrected chi connectivity index (χ0v) is 11.1. The van der Waals surface area contributed by atoms with Crippen molar-refractivity contribution >= 4 is 0 Å². The number of benzene rings is 1. The third-order valence-electron chi connectivity index (χ3n) is 2.99. The zero-order chi connectivity index (χ0) is 16.5. The summed E-state index contributed by atoms with van der Waals surface area (Å²) in [5.41, 5.74) is 0.877. The Hall–Kier alpha value is -1.31. The lowest BCUT2D eigenvalue weighted by Crippen LogP contribution is -2.52. The highest BCUT2D eigenvalue weighted by Gasteiger charge is 2.73. The molecule has 0 spiro atoms. The average Bonchev–Trinajstić information content (AvgIpc) is 2.35. The average molecular weight is 318 g/mol. The van der Waals surface area contributed by atoms with E-state index in [0.29, 0.717) is 0 Å². The van der Waals surface area contributed by atoms with Gasteiger partial charge in [0.15, 0.2) is 0 Å². The molecule has 0 saturated heterocycles. The Labute approximate surface area is 116 Å². The van der Waals surface area contributed by atoms with Crippen molar-refractivity contribution in [3.05, 3.63) is 35.4 Å². The van der Waals surface area contributed by atoms with Gasteiger partial charge in [0.1, 0.15) is 0 Å². The van der Waals surface area contributed by atoms with E-state index < -0.39 is 30.5 Å². The first-order valence-corrected chi connectivity index (χ1v) is 5.84. The lowest BCUT2D eigenvalue weighted by Gasteiger charge is -2.30. The minimum atomic E-state index is -6.33. The van der Waals surface area contributed by atoms with Crippen molar-refractivity contribution < 1.29 is 35.5 Å². The third kappa shape index (κ3) is 3.66. The van der Waals surface area contributed by atoms with Crippen LogP contribution in [0.15, 0.2) is 24.3 Å². The maximum atomic E-state index is 13.3. The summed E-state index contributed by atoms with van der Waals surface area (Å²) in [5, 5.41) is 0. The van der Waals surface area contributed by atoms with Crippen LogP contribution in [0.4, 0.5) is 30.7 Å². The van der Waals surface area contributed by atoms with Crippen LogP contribution in [-0.4, -0.2) is 25.1 Å². The smallest absolute Gasteiger partial charge is 0.377 e. The van der Waals surface area contributed by atoms with Crippen LogP contribution >= 0.6 is 0 Å². The zero-order valence-electron chi connectivity index (χ0n) is 11.1. The SMILES string of the molecule is COC(CC(F)(F)C(F)(F)C(F)(F)F)c1ccc(C)cc1. The molecule has 0 heterocycles. The fourth-order valence-electron chi connectivity index (χ4n) is 1.69. The molecule has 1 aromatic rings. The number of ether oxygens (including phenoxy) is 1. The van der Waals surface area contributed by atoms with E-state index in [1.54, 1.807) is 6.92 Å². The monoisotopic (exact) mass is 318 g/mol. The van der Waals surface area contributed by atoms with Gasteiger partial charge in [0, 0.05) is 13.5 Å². The predicted molar refractivity (Wildman–Crippen MR) is 61.5 cm³/mol. The van der Waals surface area contributed by atoms with E-state index in [4.69, 9.17) is 0 Å². The molecule has 0 N–H and O–H groups in total. The molecule has 1 atom stereocenters. The van der Waals surface area contributed by atoms with Crippen LogP contribution in [0.5, 0.6) is 0 Å². The number of hydrogen-bond acceptors (Lipinski definition) is 1. The van der Waals surface area contributed by atoms with E-state index >= 15 is 0 Å². The Morgan fingerprint density at radius 2 is 1.43 bits per heavy atom. The van der Waals surface area contributed by atoms with Gasteiger partial charge in [-0.05, 0) is 12.5 Å². The van der Waals surface area contributed by atoms with Crippen LogP contribution in [0, 0.1) is 6.92 Å². The molecule has 0 amide bonds. The molecule has 1 aromatic carbocycles. The summed E-state index contributed by atoms with van der Waals surface area (Å²) in [6.45, 7) is 1.71. The fraction of sp³-hybridized carbons (Fsp3) is 0.538. The summed E-state index contributed by atoms with van der Waals surface area (Å²) in [7, 11) is 0.965. The molecule has 1 unspecified atom stereocenters. The largest absolute Gasteiger partial charge is 0.459 e. The second kappa shape index (κ2) is 5.82. The lowest BCUT2D eigenvalue weighted by atomic mass is 9.98. The van der Waals surface area contributed by atoms with E-state index in [9.17, 15) is 30.7 Å². The van der Waals surface area contributed by atoms with Gasteiger partial charge in [-0.2, -0.15) is 30.7 Å². The number of hydrogen-bond donors (Lipinski definition) is 0. The molecule has 1 nitrogen and oxygen atoms in total. The highest BCUT2D eigenvalue weighted by atomic mass is 19.4. The number of rotatable bonds is 5. The van der Waals surface area contributed by atoms with Crippen LogP contribution in [0.1, 0.15) is 23.7 Å². The van der Waals surface area contributed by atoms with Crippen LogP contribution in [0.3, 0.4) is 0 Å². The second-order valence-electron chi connectivity index (χ2n) is 4.62. The topological polar surface area (TPSA) is 9.23 Å². The van der Waals surface area contributed by atoms with Gasteiger partial charge in [0.25, 0.3) is 0 Å². The van der Waals surface area contributed by atoms with E-state index in [0.717, 1.165) is 12.7 Å². The maximum Gasteiger partial charge on any atom is 0.459 e. The molecule has 21 heavy (non-hydrogen) atoms. The first kappa shape index (κ1) is 17.7. The minimum Gasteiger partial charge on any atom is -0.377 e. The van der Waals surface area contributed by atoms with Gasteiger partial charge in [-0.25, -0.2) is 0 Å². The molecule has 0 aliphatic carbocycles. The van der Waals surface area contributed by atoms with Crippen molar-refractivity contribution in [2.45, 2.75) is 37.5 Å². The number of methoxy groups -OCH3 is 1. The van der Waals surface area contributed by atoms with Crippen LogP contribution in [0.25, 0.3) is 0 Å². The first-order chi connectivity index (χ1) is 9.42. The van der Waals surface area contributed by atoms with E-state index in [-0.39, 0.29) is 5.56 Å². The van der Waals surface area contributed by atoms with Crippen molar-refractivity contribution in [1.29, 1.82) is 0 Å². The van der Waals surface area contributed by atoms with Gasteiger partial charge in [-0.15, -0.1) is 0 Å². The summed E-state index contributed by atoms with van der Waals surface area (Å²) in [6, 6.07) is 5.71. The number of aryl methyl sites for hydroxylation is 1. The van der Waals surface area contributed by atoms with Gasteiger partial charge in [0.2, 0.25) is 0 Å². The number of halogens is 7. The summed E-state index contributed by atoms with van der Waals surface area (Å²) in [6.07, 6.45) is -9.69. The summed E-state index contributed by atoms with van der Waals surface area (Å²) in [4.78, 5) is 0. The summed E-state index contributed by atoms with van der Waals surface area (Å²) >= 11 is 0. The Kier molecular flexibility index (Phi) is 4.92. The Morgan fingerprint density at radius 1 is 0.952 bits per heavy atom. The molecule has 0 saturated carbocycles. The molecule has 8 heteroatoms. The highest BCUT2D eigenvalue weighted by Crippen LogP contribution is 2.50. The van der Waals surface area contributed by atoms with Gasteiger partial charge >= 0.3 is 18.0 Å². The summed E-state index contributed by atoms with van der Waals surface area (Å²) < 4.78 is 93.3. The van der Waals surface area contributed by atoms with Crippen molar-refractivity contribution in [3.8, 4) is 0 Å². The molecule has 0 bridgehead atoms. The van der Waals surface area contributed by atoms with Gasteiger partial charge < -0.3 is 4.74 Å². The van der Waals surface area contributed by atoms with Gasteiger partial charge in [-0.1, -0.05) is 29.8 Å². The predicted octanol–water partition coefficient (Wildman–Crippen LogP) is 4.91. The molecule has 0 fully saturated rings.